The summed E-state index contributed by atoms with van der Waals surface area (Å²) in [7, 11) is 2.22. The first kappa shape index (κ1) is 9.44. The lowest BCUT2D eigenvalue weighted by molar-refractivity contribution is 0.380. The highest BCUT2D eigenvalue weighted by Crippen LogP contribution is 2.13. The van der Waals surface area contributed by atoms with Crippen molar-refractivity contribution in [1.29, 1.82) is 0 Å². The lowest BCUT2D eigenvalue weighted by atomic mass is 10.1. The Morgan fingerprint density at radius 1 is 1.46 bits per heavy atom. The summed E-state index contributed by atoms with van der Waals surface area (Å²) in [5.41, 5.74) is 0. The van der Waals surface area contributed by atoms with Gasteiger partial charge < -0.3 is 15.5 Å². The molecule has 0 radical (unpaired) electrons. The molecule has 0 aromatic carbocycles. The second kappa shape index (κ2) is 4.40. The molecular weight excluding hydrogens is 162 g/mol. The first-order chi connectivity index (χ1) is 6.34. The molecule has 2 aliphatic rings. The van der Waals surface area contributed by atoms with Crippen molar-refractivity contribution in [2.75, 3.05) is 39.8 Å². The van der Waals surface area contributed by atoms with Gasteiger partial charge in [-0.05, 0) is 45.4 Å². The Morgan fingerprint density at radius 3 is 3.00 bits per heavy atom. The van der Waals surface area contributed by atoms with Crippen LogP contribution >= 0.6 is 0 Å². The molecule has 2 fully saturated rings. The summed E-state index contributed by atoms with van der Waals surface area (Å²) >= 11 is 0. The van der Waals surface area contributed by atoms with Crippen molar-refractivity contribution in [3.05, 3.63) is 0 Å². The standard InChI is InChI=1S/C10H21N3/c1-13-5-3-9(8-13)6-12-10-2-4-11-7-10/h9-12H,2-8H2,1H3. The van der Waals surface area contributed by atoms with Gasteiger partial charge in [0.1, 0.15) is 0 Å². The molecule has 2 saturated heterocycles. The Bertz CT molecular complexity index is 154. The van der Waals surface area contributed by atoms with E-state index in [0.29, 0.717) is 0 Å². The Kier molecular flexibility index (Phi) is 3.19. The van der Waals surface area contributed by atoms with E-state index in [4.69, 9.17) is 0 Å². The average Bonchev–Trinajstić information content (AvgIpc) is 2.71. The maximum Gasteiger partial charge on any atom is 0.0204 e. The molecule has 0 aromatic rings. The van der Waals surface area contributed by atoms with E-state index in [2.05, 4.69) is 22.6 Å². The molecular formula is C10H21N3. The minimum atomic E-state index is 0.742. The van der Waals surface area contributed by atoms with Gasteiger partial charge in [-0.25, -0.2) is 0 Å². The fourth-order valence-corrected chi connectivity index (χ4v) is 2.36. The number of hydrogen-bond donors (Lipinski definition) is 2. The molecule has 0 aliphatic carbocycles. The van der Waals surface area contributed by atoms with Crippen molar-refractivity contribution in [2.24, 2.45) is 5.92 Å². The monoisotopic (exact) mass is 183 g/mol. The van der Waals surface area contributed by atoms with Crippen LogP contribution in [0.25, 0.3) is 0 Å². The average molecular weight is 183 g/mol. The van der Waals surface area contributed by atoms with Crippen LogP contribution in [-0.4, -0.2) is 50.7 Å². The fraction of sp³-hybridized carbons (Fsp3) is 1.00. The van der Waals surface area contributed by atoms with Crippen molar-refractivity contribution in [3.63, 3.8) is 0 Å². The molecule has 13 heavy (non-hydrogen) atoms. The van der Waals surface area contributed by atoms with Crippen LogP contribution in [0.1, 0.15) is 12.8 Å². The van der Waals surface area contributed by atoms with Crippen molar-refractivity contribution in [2.45, 2.75) is 18.9 Å². The van der Waals surface area contributed by atoms with Crippen molar-refractivity contribution < 1.29 is 0 Å². The topological polar surface area (TPSA) is 27.3 Å². The van der Waals surface area contributed by atoms with Gasteiger partial charge in [0.15, 0.2) is 0 Å². The number of nitrogens with zero attached hydrogens (tertiary/aromatic N) is 1. The zero-order valence-electron chi connectivity index (χ0n) is 8.55. The normalized spacial score (nSPS) is 35.8. The summed E-state index contributed by atoms with van der Waals surface area (Å²) in [5, 5.41) is 7.04. The third-order valence-corrected chi connectivity index (χ3v) is 3.24. The molecule has 0 aromatic heterocycles. The van der Waals surface area contributed by atoms with E-state index in [1.165, 1.54) is 45.6 Å². The molecule has 2 N–H and O–H groups in total. The summed E-state index contributed by atoms with van der Waals surface area (Å²) in [6.45, 7) is 6.16. The van der Waals surface area contributed by atoms with Crippen molar-refractivity contribution in [1.82, 2.24) is 15.5 Å². The number of likely N-dealkylation sites (tertiary alicyclic amines) is 1. The molecule has 3 heteroatoms. The highest BCUT2D eigenvalue weighted by Gasteiger charge is 2.21. The van der Waals surface area contributed by atoms with E-state index in [0.717, 1.165) is 12.0 Å². The smallest absolute Gasteiger partial charge is 0.0204 e. The molecule has 0 amide bonds. The van der Waals surface area contributed by atoms with Gasteiger partial charge in [0.05, 0.1) is 0 Å². The number of nitrogens with one attached hydrogen (secondary N) is 2. The lowest BCUT2D eigenvalue weighted by Gasteiger charge is -2.15. The van der Waals surface area contributed by atoms with Crippen LogP contribution < -0.4 is 10.6 Å². The molecule has 0 bridgehead atoms. The Labute approximate surface area is 80.9 Å². The van der Waals surface area contributed by atoms with E-state index >= 15 is 0 Å². The van der Waals surface area contributed by atoms with E-state index in [1.807, 2.05) is 0 Å². The maximum absolute atomic E-state index is 3.65. The highest BCUT2D eigenvalue weighted by atomic mass is 15.1. The molecule has 2 heterocycles. The van der Waals surface area contributed by atoms with Gasteiger partial charge in [0, 0.05) is 19.1 Å². The Morgan fingerprint density at radius 2 is 2.38 bits per heavy atom. The summed E-state index contributed by atoms with van der Waals surface area (Å²) in [4.78, 5) is 2.43. The minimum absolute atomic E-state index is 0.742. The van der Waals surface area contributed by atoms with Crippen LogP contribution in [0.4, 0.5) is 0 Å². The van der Waals surface area contributed by atoms with Gasteiger partial charge in [-0.2, -0.15) is 0 Å². The summed E-state index contributed by atoms with van der Waals surface area (Å²) < 4.78 is 0. The molecule has 0 spiro atoms. The van der Waals surface area contributed by atoms with Crippen molar-refractivity contribution in [3.8, 4) is 0 Å². The quantitative estimate of drug-likeness (QED) is 0.639. The van der Waals surface area contributed by atoms with Gasteiger partial charge in [0.25, 0.3) is 0 Å². The van der Waals surface area contributed by atoms with Crippen LogP contribution in [0.3, 0.4) is 0 Å². The first-order valence-electron chi connectivity index (χ1n) is 5.47. The zero-order chi connectivity index (χ0) is 9.10. The summed E-state index contributed by atoms with van der Waals surface area (Å²) in [6, 6.07) is 0.742. The predicted molar refractivity (Wildman–Crippen MR) is 54.9 cm³/mol. The van der Waals surface area contributed by atoms with Gasteiger partial charge in [-0.15, -0.1) is 0 Å². The first-order valence-corrected chi connectivity index (χ1v) is 5.47. The molecule has 2 unspecified atom stereocenters. The number of hydrogen-bond acceptors (Lipinski definition) is 3. The molecule has 76 valence electrons. The summed E-state index contributed by atoms with van der Waals surface area (Å²) in [6.07, 6.45) is 2.69. The van der Waals surface area contributed by atoms with Gasteiger partial charge in [-0.3, -0.25) is 0 Å². The van der Waals surface area contributed by atoms with Gasteiger partial charge >= 0.3 is 0 Å². The minimum Gasteiger partial charge on any atom is -0.315 e. The van der Waals surface area contributed by atoms with E-state index < -0.39 is 0 Å². The molecule has 2 rings (SSSR count). The Hall–Kier alpha value is -0.120. The molecule has 2 atom stereocenters. The molecule has 0 saturated carbocycles. The van der Waals surface area contributed by atoms with Crippen molar-refractivity contribution >= 4 is 0 Å². The van der Waals surface area contributed by atoms with Crippen LogP contribution in [0.2, 0.25) is 0 Å². The maximum atomic E-state index is 3.65. The van der Waals surface area contributed by atoms with Crippen LogP contribution in [0, 0.1) is 5.92 Å². The van der Waals surface area contributed by atoms with Gasteiger partial charge in [0.2, 0.25) is 0 Å². The fourth-order valence-electron chi connectivity index (χ4n) is 2.36. The third-order valence-electron chi connectivity index (χ3n) is 3.24. The van der Waals surface area contributed by atoms with E-state index in [1.54, 1.807) is 0 Å². The van der Waals surface area contributed by atoms with Crippen LogP contribution in [0.5, 0.6) is 0 Å². The molecule has 3 nitrogen and oxygen atoms in total. The van der Waals surface area contributed by atoms with Crippen LogP contribution in [-0.2, 0) is 0 Å². The largest absolute Gasteiger partial charge is 0.315 e. The zero-order valence-corrected chi connectivity index (χ0v) is 8.55. The summed E-state index contributed by atoms with van der Waals surface area (Å²) in [5.74, 6) is 0.894. The predicted octanol–water partition coefficient (Wildman–Crippen LogP) is -0.110. The highest BCUT2D eigenvalue weighted by molar-refractivity contribution is 4.81. The third kappa shape index (κ3) is 2.66. The lowest BCUT2D eigenvalue weighted by Crippen LogP contribution is -2.35. The molecule has 2 aliphatic heterocycles. The SMILES string of the molecule is CN1CCC(CNC2CCNC2)C1. The number of rotatable bonds is 3. The van der Waals surface area contributed by atoms with E-state index in [9.17, 15) is 0 Å². The van der Waals surface area contributed by atoms with Gasteiger partial charge in [-0.1, -0.05) is 0 Å². The van der Waals surface area contributed by atoms with E-state index in [-0.39, 0.29) is 0 Å². The second-order valence-electron chi connectivity index (χ2n) is 4.51. The second-order valence-corrected chi connectivity index (χ2v) is 4.51. The Balaban J connectivity index is 1.62. The van der Waals surface area contributed by atoms with Crippen LogP contribution in [0.15, 0.2) is 0 Å².